The van der Waals surface area contributed by atoms with E-state index in [2.05, 4.69) is 20.8 Å². The van der Waals surface area contributed by atoms with Crippen LogP contribution in [0.25, 0.3) is 0 Å². The summed E-state index contributed by atoms with van der Waals surface area (Å²) in [7, 11) is 0. The summed E-state index contributed by atoms with van der Waals surface area (Å²) in [6.45, 7) is 2.90. The Balaban J connectivity index is 2.13. The van der Waals surface area contributed by atoms with E-state index in [1.165, 1.54) is 0 Å². The number of nitrogen functional groups attached to an aromatic ring is 1. The van der Waals surface area contributed by atoms with Gasteiger partial charge in [0.05, 0.1) is 23.6 Å². The number of hydrogen-bond donors (Lipinski definition) is 4. The molecule has 1 aromatic heterocycles. The van der Waals surface area contributed by atoms with Gasteiger partial charge in [0.25, 0.3) is 0 Å². The number of rotatable bonds is 1. The molecular formula is C7H13N5. The first kappa shape index (κ1) is 7.57. The molecule has 5 heteroatoms. The highest BCUT2D eigenvalue weighted by Crippen LogP contribution is 2.16. The van der Waals surface area contributed by atoms with E-state index in [-0.39, 0.29) is 6.04 Å². The molecule has 0 bridgehead atoms. The number of piperazine rings is 1. The summed E-state index contributed by atoms with van der Waals surface area (Å²) in [4.78, 5) is 0. The molecule has 2 rings (SSSR count). The molecule has 1 atom stereocenters. The lowest BCUT2D eigenvalue weighted by Crippen LogP contribution is -2.43. The van der Waals surface area contributed by atoms with Crippen LogP contribution in [0.4, 0.5) is 5.69 Å². The molecule has 1 aliphatic heterocycles. The molecule has 66 valence electrons. The van der Waals surface area contributed by atoms with Crippen molar-refractivity contribution in [3.05, 3.63) is 11.9 Å². The lowest BCUT2D eigenvalue weighted by molar-refractivity contribution is 0.423. The van der Waals surface area contributed by atoms with Gasteiger partial charge in [-0.25, -0.2) is 0 Å². The summed E-state index contributed by atoms with van der Waals surface area (Å²) in [5.74, 6) is 0. The van der Waals surface area contributed by atoms with Crippen LogP contribution >= 0.6 is 0 Å². The Hall–Kier alpha value is -1.07. The molecule has 0 amide bonds. The molecule has 1 saturated heterocycles. The summed E-state index contributed by atoms with van der Waals surface area (Å²) >= 11 is 0. The lowest BCUT2D eigenvalue weighted by Gasteiger charge is -2.23. The molecule has 1 aliphatic rings. The minimum Gasteiger partial charge on any atom is -0.396 e. The number of aromatic amines is 1. The van der Waals surface area contributed by atoms with Gasteiger partial charge in [-0.15, -0.1) is 0 Å². The fraction of sp³-hybridized carbons (Fsp3) is 0.571. The second-order valence-corrected chi connectivity index (χ2v) is 2.95. The van der Waals surface area contributed by atoms with Crippen molar-refractivity contribution < 1.29 is 0 Å². The van der Waals surface area contributed by atoms with Gasteiger partial charge >= 0.3 is 0 Å². The van der Waals surface area contributed by atoms with Crippen molar-refractivity contribution in [2.75, 3.05) is 25.4 Å². The predicted octanol–water partition coefficient (Wildman–Crippen LogP) is -0.774. The summed E-state index contributed by atoms with van der Waals surface area (Å²) in [6, 6.07) is 0.279. The molecule has 0 aliphatic carbocycles. The zero-order valence-corrected chi connectivity index (χ0v) is 6.80. The molecule has 12 heavy (non-hydrogen) atoms. The zero-order chi connectivity index (χ0) is 8.39. The molecule has 0 saturated carbocycles. The van der Waals surface area contributed by atoms with Gasteiger partial charge in [-0.1, -0.05) is 0 Å². The van der Waals surface area contributed by atoms with Gasteiger partial charge in [-0.3, -0.25) is 5.10 Å². The van der Waals surface area contributed by atoms with Crippen molar-refractivity contribution in [1.82, 2.24) is 20.8 Å². The quantitative estimate of drug-likeness (QED) is 0.442. The maximum absolute atomic E-state index is 5.71. The molecule has 0 radical (unpaired) electrons. The summed E-state index contributed by atoms with van der Waals surface area (Å²) < 4.78 is 0. The molecular weight excluding hydrogens is 154 g/mol. The number of nitrogens with two attached hydrogens (primary N) is 1. The van der Waals surface area contributed by atoms with E-state index in [1.54, 1.807) is 6.20 Å². The van der Waals surface area contributed by atoms with Crippen LogP contribution in [-0.4, -0.2) is 29.8 Å². The molecule has 5 nitrogen and oxygen atoms in total. The molecule has 0 spiro atoms. The van der Waals surface area contributed by atoms with Gasteiger partial charge < -0.3 is 16.4 Å². The van der Waals surface area contributed by atoms with Crippen molar-refractivity contribution in [3.63, 3.8) is 0 Å². The fourth-order valence-corrected chi connectivity index (χ4v) is 1.44. The third-order valence-corrected chi connectivity index (χ3v) is 2.09. The highest BCUT2D eigenvalue weighted by molar-refractivity contribution is 5.42. The van der Waals surface area contributed by atoms with Crippen molar-refractivity contribution in [2.24, 2.45) is 0 Å². The largest absolute Gasteiger partial charge is 0.396 e. The van der Waals surface area contributed by atoms with E-state index in [9.17, 15) is 0 Å². The first-order valence-corrected chi connectivity index (χ1v) is 4.11. The Morgan fingerprint density at radius 2 is 2.42 bits per heavy atom. The Labute approximate surface area is 70.7 Å². The second-order valence-electron chi connectivity index (χ2n) is 2.95. The van der Waals surface area contributed by atoms with Crippen LogP contribution in [0.3, 0.4) is 0 Å². The number of nitrogens with zero attached hydrogens (tertiary/aromatic N) is 1. The van der Waals surface area contributed by atoms with Gasteiger partial charge in [0.2, 0.25) is 0 Å². The summed E-state index contributed by atoms with van der Waals surface area (Å²) in [5, 5.41) is 13.4. The lowest BCUT2D eigenvalue weighted by atomic mass is 10.1. The average molecular weight is 167 g/mol. The van der Waals surface area contributed by atoms with E-state index in [0.29, 0.717) is 0 Å². The number of aromatic nitrogens is 2. The molecule has 0 aromatic carbocycles. The van der Waals surface area contributed by atoms with Gasteiger partial charge in [-0.05, 0) is 0 Å². The Morgan fingerprint density at radius 1 is 1.50 bits per heavy atom. The van der Waals surface area contributed by atoms with Crippen molar-refractivity contribution in [1.29, 1.82) is 0 Å². The Morgan fingerprint density at radius 3 is 3.00 bits per heavy atom. The number of hydrogen-bond acceptors (Lipinski definition) is 4. The normalized spacial score (nSPS) is 24.2. The Bertz CT molecular complexity index is 250. The first-order valence-electron chi connectivity index (χ1n) is 4.11. The van der Waals surface area contributed by atoms with Crippen LogP contribution in [0.5, 0.6) is 0 Å². The van der Waals surface area contributed by atoms with Crippen LogP contribution in [0.2, 0.25) is 0 Å². The highest BCUT2D eigenvalue weighted by atomic mass is 15.2. The molecule has 2 heterocycles. The van der Waals surface area contributed by atoms with Gasteiger partial charge in [0, 0.05) is 19.6 Å². The minimum absolute atomic E-state index is 0.279. The zero-order valence-electron chi connectivity index (χ0n) is 6.80. The van der Waals surface area contributed by atoms with E-state index in [4.69, 9.17) is 5.73 Å². The van der Waals surface area contributed by atoms with E-state index >= 15 is 0 Å². The standard InChI is InChI=1S/C7H13N5/c8-5-3-11-12-7(5)6-4-9-1-2-10-6/h3,6,9-10H,1-2,4,8H2,(H,11,12). The molecule has 5 N–H and O–H groups in total. The predicted molar refractivity (Wildman–Crippen MR) is 46.6 cm³/mol. The summed E-state index contributed by atoms with van der Waals surface area (Å²) in [5.41, 5.74) is 7.43. The first-order chi connectivity index (χ1) is 5.88. The van der Waals surface area contributed by atoms with Gasteiger partial charge in [0.15, 0.2) is 0 Å². The minimum atomic E-state index is 0.279. The monoisotopic (exact) mass is 167 g/mol. The van der Waals surface area contributed by atoms with Crippen molar-refractivity contribution in [2.45, 2.75) is 6.04 Å². The summed E-state index contributed by atoms with van der Waals surface area (Å²) in [6.07, 6.45) is 1.64. The maximum Gasteiger partial charge on any atom is 0.0763 e. The van der Waals surface area contributed by atoms with Gasteiger partial charge in [0.1, 0.15) is 0 Å². The van der Waals surface area contributed by atoms with Crippen LogP contribution in [0, 0.1) is 0 Å². The fourth-order valence-electron chi connectivity index (χ4n) is 1.44. The Kier molecular flexibility index (Phi) is 1.97. The average Bonchev–Trinajstić information content (AvgIpc) is 2.53. The van der Waals surface area contributed by atoms with Gasteiger partial charge in [-0.2, -0.15) is 5.10 Å². The molecule has 1 aromatic rings. The maximum atomic E-state index is 5.71. The molecule has 1 fully saturated rings. The third kappa shape index (κ3) is 1.28. The van der Waals surface area contributed by atoms with E-state index in [0.717, 1.165) is 31.0 Å². The van der Waals surface area contributed by atoms with Crippen molar-refractivity contribution >= 4 is 5.69 Å². The number of anilines is 1. The van der Waals surface area contributed by atoms with E-state index in [1.807, 2.05) is 0 Å². The smallest absolute Gasteiger partial charge is 0.0763 e. The van der Waals surface area contributed by atoms with Crippen LogP contribution in [-0.2, 0) is 0 Å². The molecule has 1 unspecified atom stereocenters. The highest BCUT2D eigenvalue weighted by Gasteiger charge is 2.17. The van der Waals surface area contributed by atoms with Crippen molar-refractivity contribution in [3.8, 4) is 0 Å². The SMILES string of the molecule is Nc1cn[nH]c1C1CNCCN1. The van der Waals surface area contributed by atoms with Crippen LogP contribution < -0.4 is 16.4 Å². The van der Waals surface area contributed by atoms with Crippen LogP contribution in [0.1, 0.15) is 11.7 Å². The van der Waals surface area contributed by atoms with Crippen LogP contribution in [0.15, 0.2) is 6.20 Å². The number of H-pyrrole nitrogens is 1. The van der Waals surface area contributed by atoms with E-state index < -0.39 is 0 Å². The topological polar surface area (TPSA) is 78.8 Å². The second kappa shape index (κ2) is 3.12. The third-order valence-electron chi connectivity index (χ3n) is 2.09. The number of nitrogens with one attached hydrogen (secondary N) is 3.